The first kappa shape index (κ1) is 55.1. The molecule has 0 aromatic rings. The van der Waals surface area contributed by atoms with Crippen molar-refractivity contribution in [1.29, 1.82) is 0 Å². The van der Waals surface area contributed by atoms with E-state index in [-0.39, 0.29) is 31.1 Å². The quantitative estimate of drug-likeness (QED) is 0.0264. The van der Waals surface area contributed by atoms with Gasteiger partial charge in [-0.2, -0.15) is 0 Å². The van der Waals surface area contributed by atoms with Crippen molar-refractivity contribution < 1.29 is 28.6 Å². The molecule has 0 aliphatic carbocycles. The zero-order valence-corrected chi connectivity index (χ0v) is 38.0. The predicted octanol–water partition coefficient (Wildman–Crippen LogP) is 15.7. The molecule has 0 spiro atoms. The van der Waals surface area contributed by atoms with E-state index in [1.54, 1.807) is 0 Å². The molecular formula is C52H90O6. The molecule has 0 bridgehead atoms. The maximum absolute atomic E-state index is 12.7. The summed E-state index contributed by atoms with van der Waals surface area (Å²) in [5.74, 6) is -0.952. The zero-order valence-electron chi connectivity index (χ0n) is 38.0. The minimum Gasteiger partial charge on any atom is -0.462 e. The van der Waals surface area contributed by atoms with E-state index in [9.17, 15) is 14.4 Å². The third kappa shape index (κ3) is 44.2. The van der Waals surface area contributed by atoms with Gasteiger partial charge in [0.2, 0.25) is 0 Å². The Balaban J connectivity index is 4.35. The van der Waals surface area contributed by atoms with Gasteiger partial charge in [-0.3, -0.25) is 14.4 Å². The first-order chi connectivity index (χ1) is 28.5. The highest BCUT2D eigenvalue weighted by Gasteiger charge is 2.19. The number of carbonyl (C=O) groups excluding carboxylic acids is 3. The number of rotatable bonds is 43. The van der Waals surface area contributed by atoms with E-state index in [0.29, 0.717) is 19.3 Å². The highest BCUT2D eigenvalue weighted by Crippen LogP contribution is 2.15. The lowest BCUT2D eigenvalue weighted by Crippen LogP contribution is -2.30. The summed E-state index contributed by atoms with van der Waals surface area (Å²) in [5, 5.41) is 0. The van der Waals surface area contributed by atoms with Crippen molar-refractivity contribution in [2.24, 2.45) is 0 Å². The molecule has 0 radical (unpaired) electrons. The van der Waals surface area contributed by atoms with Gasteiger partial charge < -0.3 is 14.2 Å². The summed E-state index contributed by atoms with van der Waals surface area (Å²) in [6, 6.07) is 0. The van der Waals surface area contributed by atoms with Gasteiger partial charge in [0.05, 0.1) is 0 Å². The van der Waals surface area contributed by atoms with Gasteiger partial charge in [-0.15, -0.1) is 0 Å². The van der Waals surface area contributed by atoms with Gasteiger partial charge in [-0.1, -0.05) is 197 Å². The van der Waals surface area contributed by atoms with Crippen LogP contribution in [0, 0.1) is 0 Å². The fourth-order valence-corrected chi connectivity index (χ4v) is 6.67. The van der Waals surface area contributed by atoms with Crippen molar-refractivity contribution >= 4 is 17.9 Å². The van der Waals surface area contributed by atoms with Crippen LogP contribution in [0.15, 0.2) is 60.8 Å². The number of allylic oxidation sites excluding steroid dienone is 10. The summed E-state index contributed by atoms with van der Waals surface area (Å²) >= 11 is 0. The Bertz CT molecular complexity index is 1070. The average Bonchev–Trinajstić information content (AvgIpc) is 3.22. The molecule has 1 atom stereocenters. The van der Waals surface area contributed by atoms with Crippen LogP contribution in [0.25, 0.3) is 0 Å². The molecule has 0 aromatic heterocycles. The molecule has 0 fully saturated rings. The number of hydrogen-bond acceptors (Lipinski definition) is 6. The molecule has 0 N–H and O–H groups in total. The van der Waals surface area contributed by atoms with Crippen molar-refractivity contribution in [2.45, 2.75) is 239 Å². The summed E-state index contributed by atoms with van der Waals surface area (Å²) in [5.41, 5.74) is 0. The van der Waals surface area contributed by atoms with E-state index >= 15 is 0 Å². The summed E-state index contributed by atoms with van der Waals surface area (Å²) in [6.45, 7) is 6.35. The standard InChI is InChI=1S/C52H90O6/c1-4-7-10-13-16-19-21-23-25-26-27-29-30-33-36-39-42-45-51(54)57-48-49(47-56-50(53)44-41-38-35-32-18-15-12-9-6-3)58-52(55)46-43-40-37-34-31-28-24-22-20-17-14-11-8-5-2/h8-9,11-12,17-18,20,24,28,32,49H,4-7,10,13-16,19,21-23,25-27,29-31,33-48H2,1-3H3/b11-8-,12-9-,20-17-,28-24-,32-18-. The van der Waals surface area contributed by atoms with Gasteiger partial charge in [0.15, 0.2) is 6.10 Å². The average molecular weight is 811 g/mol. The Morgan fingerprint density at radius 2 is 0.672 bits per heavy atom. The van der Waals surface area contributed by atoms with Crippen molar-refractivity contribution in [3.63, 3.8) is 0 Å². The van der Waals surface area contributed by atoms with Crippen LogP contribution >= 0.6 is 0 Å². The highest BCUT2D eigenvalue weighted by molar-refractivity contribution is 5.71. The van der Waals surface area contributed by atoms with Gasteiger partial charge in [-0.25, -0.2) is 0 Å². The second-order valence-corrected chi connectivity index (χ2v) is 16.0. The third-order valence-corrected chi connectivity index (χ3v) is 10.3. The van der Waals surface area contributed by atoms with Crippen molar-refractivity contribution in [3.8, 4) is 0 Å². The first-order valence-corrected chi connectivity index (χ1v) is 24.3. The van der Waals surface area contributed by atoms with E-state index in [0.717, 1.165) is 103 Å². The molecule has 1 unspecified atom stereocenters. The monoisotopic (exact) mass is 811 g/mol. The van der Waals surface area contributed by atoms with Crippen molar-refractivity contribution in [3.05, 3.63) is 60.8 Å². The topological polar surface area (TPSA) is 78.9 Å². The minimum absolute atomic E-state index is 0.0922. The van der Waals surface area contributed by atoms with E-state index in [2.05, 4.69) is 81.5 Å². The molecule has 58 heavy (non-hydrogen) atoms. The van der Waals surface area contributed by atoms with Crippen LogP contribution in [0.2, 0.25) is 0 Å². The molecule has 0 aliphatic rings. The molecule has 0 saturated heterocycles. The molecular weight excluding hydrogens is 721 g/mol. The highest BCUT2D eigenvalue weighted by atomic mass is 16.6. The molecule has 0 saturated carbocycles. The van der Waals surface area contributed by atoms with Crippen molar-refractivity contribution in [1.82, 2.24) is 0 Å². The number of unbranched alkanes of at least 4 members (excludes halogenated alkanes) is 22. The maximum atomic E-state index is 12.7. The van der Waals surface area contributed by atoms with E-state index in [4.69, 9.17) is 14.2 Å². The van der Waals surface area contributed by atoms with Gasteiger partial charge in [0.1, 0.15) is 13.2 Å². The molecule has 6 nitrogen and oxygen atoms in total. The van der Waals surface area contributed by atoms with Crippen LogP contribution < -0.4 is 0 Å². The second kappa shape index (κ2) is 46.8. The van der Waals surface area contributed by atoms with Crippen LogP contribution in [-0.2, 0) is 28.6 Å². The zero-order chi connectivity index (χ0) is 42.3. The molecule has 6 heteroatoms. The van der Waals surface area contributed by atoms with Gasteiger partial charge in [0.25, 0.3) is 0 Å². The predicted molar refractivity (Wildman–Crippen MR) is 247 cm³/mol. The van der Waals surface area contributed by atoms with Crippen molar-refractivity contribution in [2.75, 3.05) is 13.2 Å². The Kier molecular flexibility index (Phi) is 44.5. The van der Waals surface area contributed by atoms with E-state index in [1.165, 1.54) is 89.9 Å². The lowest BCUT2D eigenvalue weighted by Gasteiger charge is -2.18. The SMILES string of the molecule is CC/C=C\C/C=C\C/C=C\CCCCCCC(=O)OC(COC(=O)CCCC/C=C\C/C=C\CC)COC(=O)CCCCCCCCCCCCCCCCCCC. The largest absolute Gasteiger partial charge is 0.462 e. The number of carbonyl (C=O) groups is 3. The van der Waals surface area contributed by atoms with E-state index in [1.807, 2.05) is 0 Å². The summed E-state index contributed by atoms with van der Waals surface area (Å²) in [7, 11) is 0. The molecule has 0 heterocycles. The minimum atomic E-state index is -0.795. The van der Waals surface area contributed by atoms with Gasteiger partial charge in [-0.05, 0) is 77.0 Å². The Labute approximate surface area is 358 Å². The fourth-order valence-electron chi connectivity index (χ4n) is 6.67. The number of hydrogen-bond donors (Lipinski definition) is 0. The maximum Gasteiger partial charge on any atom is 0.306 e. The summed E-state index contributed by atoms with van der Waals surface area (Å²) < 4.78 is 16.7. The summed E-state index contributed by atoms with van der Waals surface area (Å²) in [4.78, 5) is 37.8. The Hall–Kier alpha value is -2.89. The Morgan fingerprint density at radius 3 is 1.09 bits per heavy atom. The number of esters is 3. The van der Waals surface area contributed by atoms with Crippen LogP contribution in [-0.4, -0.2) is 37.2 Å². The van der Waals surface area contributed by atoms with Gasteiger partial charge >= 0.3 is 17.9 Å². The smallest absolute Gasteiger partial charge is 0.306 e. The van der Waals surface area contributed by atoms with Crippen LogP contribution in [0.1, 0.15) is 233 Å². The lowest BCUT2D eigenvalue weighted by molar-refractivity contribution is -0.167. The van der Waals surface area contributed by atoms with Crippen LogP contribution in [0.3, 0.4) is 0 Å². The summed E-state index contributed by atoms with van der Waals surface area (Å²) in [6.07, 6.45) is 56.5. The molecule has 0 aromatic carbocycles. The molecule has 0 rings (SSSR count). The molecule has 0 amide bonds. The van der Waals surface area contributed by atoms with Crippen LogP contribution in [0.4, 0.5) is 0 Å². The first-order valence-electron chi connectivity index (χ1n) is 24.3. The third-order valence-electron chi connectivity index (χ3n) is 10.3. The lowest BCUT2D eigenvalue weighted by atomic mass is 10.0. The Morgan fingerprint density at radius 1 is 0.362 bits per heavy atom. The van der Waals surface area contributed by atoms with E-state index < -0.39 is 6.10 Å². The second-order valence-electron chi connectivity index (χ2n) is 16.0. The van der Waals surface area contributed by atoms with Crippen LogP contribution in [0.5, 0.6) is 0 Å². The number of ether oxygens (including phenoxy) is 3. The molecule has 334 valence electrons. The fraction of sp³-hybridized carbons (Fsp3) is 0.750. The molecule has 0 aliphatic heterocycles. The normalized spacial score (nSPS) is 12.5. The van der Waals surface area contributed by atoms with Gasteiger partial charge in [0, 0.05) is 19.3 Å².